The van der Waals surface area contributed by atoms with E-state index in [2.05, 4.69) is 29.0 Å². The first-order chi connectivity index (χ1) is 17.1. The number of carbonyl (C=O) groups excluding carboxylic acids is 1. The largest absolute Gasteiger partial charge is 0.493 e. The van der Waals surface area contributed by atoms with Crippen LogP contribution in [0.3, 0.4) is 0 Å². The van der Waals surface area contributed by atoms with Gasteiger partial charge in [-0.05, 0) is 43.4 Å². The Hall–Kier alpha value is -2.82. The van der Waals surface area contributed by atoms with Crippen LogP contribution < -0.4 is 14.8 Å². The van der Waals surface area contributed by atoms with Crippen molar-refractivity contribution in [3.63, 3.8) is 0 Å². The Morgan fingerprint density at radius 1 is 1.14 bits per heavy atom. The van der Waals surface area contributed by atoms with Crippen LogP contribution in [-0.2, 0) is 17.4 Å². The predicted molar refractivity (Wildman–Crippen MR) is 136 cm³/mol. The molecule has 0 spiro atoms. The second-order valence-electron chi connectivity index (χ2n) is 7.80. The van der Waals surface area contributed by atoms with Gasteiger partial charge in [0.15, 0.2) is 11.5 Å². The molecule has 1 aromatic heterocycles. The Morgan fingerprint density at radius 3 is 2.53 bits per heavy atom. The van der Waals surface area contributed by atoms with Crippen molar-refractivity contribution < 1.29 is 27.4 Å². The Morgan fingerprint density at radius 2 is 1.89 bits per heavy atom. The highest BCUT2D eigenvalue weighted by Crippen LogP contribution is 2.36. The Balaban J connectivity index is 1.64. The summed E-state index contributed by atoms with van der Waals surface area (Å²) in [7, 11) is 1.55. The zero-order valence-electron chi connectivity index (χ0n) is 20.1. The molecule has 3 aromatic rings. The first-order valence-corrected chi connectivity index (χ1v) is 12.5. The van der Waals surface area contributed by atoms with Gasteiger partial charge in [0.25, 0.3) is 0 Å². The minimum absolute atomic E-state index is 0.0149. The molecule has 1 heterocycles. The molecule has 3 rings (SSSR count). The molecule has 0 saturated carbocycles. The van der Waals surface area contributed by atoms with Crippen molar-refractivity contribution >= 4 is 34.5 Å². The molecule has 0 fully saturated rings. The molecule has 0 bridgehead atoms. The SMILES string of the molecule is CCN(CC)CCOc1cc(NC(=O)Cc2csc(-c3ccc(C(F)(F)F)cc3Cl)n2)ccc1OC. The Kier molecular flexibility index (Phi) is 9.58. The summed E-state index contributed by atoms with van der Waals surface area (Å²) in [4.78, 5) is 19.2. The lowest BCUT2D eigenvalue weighted by molar-refractivity contribution is -0.137. The van der Waals surface area contributed by atoms with Gasteiger partial charge in [-0.3, -0.25) is 4.79 Å². The van der Waals surface area contributed by atoms with Crippen molar-refractivity contribution in [1.29, 1.82) is 0 Å². The second kappa shape index (κ2) is 12.4. The van der Waals surface area contributed by atoms with Crippen molar-refractivity contribution in [3.05, 3.63) is 58.1 Å². The molecule has 36 heavy (non-hydrogen) atoms. The number of rotatable bonds is 11. The van der Waals surface area contributed by atoms with E-state index in [4.69, 9.17) is 21.1 Å². The van der Waals surface area contributed by atoms with Crippen molar-refractivity contribution in [3.8, 4) is 22.1 Å². The van der Waals surface area contributed by atoms with Crippen molar-refractivity contribution in [2.24, 2.45) is 0 Å². The number of anilines is 1. The number of amides is 1. The highest BCUT2D eigenvalue weighted by Gasteiger charge is 2.31. The summed E-state index contributed by atoms with van der Waals surface area (Å²) in [6, 6.07) is 8.25. The number of hydrogen-bond donors (Lipinski definition) is 1. The number of thiazole rings is 1. The topological polar surface area (TPSA) is 63.7 Å². The van der Waals surface area contributed by atoms with E-state index in [0.29, 0.717) is 40.1 Å². The maximum Gasteiger partial charge on any atom is 0.416 e. The molecule has 0 saturated heterocycles. The van der Waals surface area contributed by atoms with Crippen LogP contribution in [0.15, 0.2) is 41.8 Å². The highest BCUT2D eigenvalue weighted by molar-refractivity contribution is 7.13. The van der Waals surface area contributed by atoms with E-state index in [1.54, 1.807) is 30.7 Å². The van der Waals surface area contributed by atoms with Gasteiger partial charge in [-0.25, -0.2) is 4.98 Å². The molecule has 6 nitrogen and oxygen atoms in total. The monoisotopic (exact) mass is 541 g/mol. The van der Waals surface area contributed by atoms with Crippen LogP contribution in [-0.4, -0.2) is 49.1 Å². The fourth-order valence-corrected chi connectivity index (χ4v) is 4.62. The van der Waals surface area contributed by atoms with Gasteiger partial charge in [0, 0.05) is 29.2 Å². The number of nitrogens with zero attached hydrogens (tertiary/aromatic N) is 2. The molecule has 194 valence electrons. The number of alkyl halides is 3. The lowest BCUT2D eigenvalue weighted by atomic mass is 10.1. The standard InChI is InChI=1S/C25H27ClF3N3O3S/c1-4-32(5-2)10-11-35-22-13-17(7-9-21(22)34-3)30-23(33)14-18-15-36-24(31-18)19-8-6-16(12-20(19)26)25(27,28)29/h6-9,12-13,15H,4-5,10-11,14H2,1-3H3,(H,30,33). The number of hydrogen-bond acceptors (Lipinski definition) is 6. The number of methoxy groups -OCH3 is 1. The van der Waals surface area contributed by atoms with E-state index in [1.807, 2.05) is 0 Å². The molecular formula is C25H27ClF3N3O3S. The zero-order valence-corrected chi connectivity index (χ0v) is 21.7. The fraction of sp³-hybridized carbons (Fsp3) is 0.360. The normalized spacial score (nSPS) is 11.6. The first-order valence-electron chi connectivity index (χ1n) is 11.3. The van der Waals surface area contributed by atoms with Crippen LogP contribution in [0.5, 0.6) is 11.5 Å². The van der Waals surface area contributed by atoms with Gasteiger partial charge in [0.1, 0.15) is 11.6 Å². The minimum Gasteiger partial charge on any atom is -0.493 e. The van der Waals surface area contributed by atoms with Gasteiger partial charge >= 0.3 is 6.18 Å². The highest BCUT2D eigenvalue weighted by atomic mass is 35.5. The number of ether oxygens (including phenoxy) is 2. The molecule has 0 aliphatic rings. The smallest absolute Gasteiger partial charge is 0.416 e. The molecule has 0 radical (unpaired) electrons. The van der Waals surface area contributed by atoms with Crippen molar-refractivity contribution in [2.75, 3.05) is 38.7 Å². The van der Waals surface area contributed by atoms with Gasteiger partial charge in [0.05, 0.1) is 29.8 Å². The summed E-state index contributed by atoms with van der Waals surface area (Å²) in [5.41, 5.74) is 0.568. The average molecular weight is 542 g/mol. The number of benzene rings is 2. The molecule has 2 aromatic carbocycles. The molecule has 0 aliphatic heterocycles. The van der Waals surface area contributed by atoms with E-state index in [0.717, 1.165) is 31.8 Å². The van der Waals surface area contributed by atoms with E-state index in [-0.39, 0.29) is 17.4 Å². The number of likely N-dealkylation sites (N-methyl/N-ethyl adjacent to an activating group) is 1. The third-order valence-electron chi connectivity index (χ3n) is 5.43. The zero-order chi connectivity index (χ0) is 26.3. The van der Waals surface area contributed by atoms with Gasteiger partial charge in [-0.2, -0.15) is 13.2 Å². The maximum absolute atomic E-state index is 12.9. The van der Waals surface area contributed by atoms with Crippen LogP contribution in [0.2, 0.25) is 5.02 Å². The predicted octanol–water partition coefficient (Wildman–Crippen LogP) is 6.39. The van der Waals surface area contributed by atoms with Crippen molar-refractivity contribution in [2.45, 2.75) is 26.4 Å². The summed E-state index contributed by atoms with van der Waals surface area (Å²) in [6.07, 6.45) is -4.50. The Labute approximate surface area is 217 Å². The molecule has 0 atom stereocenters. The quantitative estimate of drug-likeness (QED) is 0.305. The summed E-state index contributed by atoms with van der Waals surface area (Å²) < 4.78 is 49.9. The third kappa shape index (κ3) is 7.35. The summed E-state index contributed by atoms with van der Waals surface area (Å²) in [5.74, 6) is 0.782. The summed E-state index contributed by atoms with van der Waals surface area (Å²) in [6.45, 7) is 7.27. The van der Waals surface area contributed by atoms with Crippen LogP contribution >= 0.6 is 22.9 Å². The number of halogens is 4. The van der Waals surface area contributed by atoms with E-state index < -0.39 is 11.7 Å². The fourth-order valence-electron chi connectivity index (χ4n) is 3.44. The van der Waals surface area contributed by atoms with Crippen LogP contribution in [0.4, 0.5) is 18.9 Å². The first kappa shape index (κ1) is 27.8. The summed E-state index contributed by atoms with van der Waals surface area (Å²) >= 11 is 7.27. The average Bonchev–Trinajstić information content (AvgIpc) is 3.29. The van der Waals surface area contributed by atoms with Gasteiger partial charge in [-0.15, -0.1) is 11.3 Å². The molecule has 0 unspecified atom stereocenters. The molecule has 0 aliphatic carbocycles. The lowest BCUT2D eigenvalue weighted by Crippen LogP contribution is -2.28. The maximum atomic E-state index is 12.9. The molecule has 11 heteroatoms. The molecule has 1 amide bonds. The summed E-state index contributed by atoms with van der Waals surface area (Å²) in [5, 5.41) is 4.88. The number of aromatic nitrogens is 1. The Bertz CT molecular complexity index is 1180. The lowest BCUT2D eigenvalue weighted by Gasteiger charge is -2.19. The second-order valence-corrected chi connectivity index (χ2v) is 9.07. The van der Waals surface area contributed by atoms with Gasteiger partial charge < -0.3 is 19.7 Å². The van der Waals surface area contributed by atoms with Gasteiger partial charge in [0.2, 0.25) is 5.91 Å². The number of carbonyl (C=O) groups is 1. The molecular weight excluding hydrogens is 515 g/mol. The van der Waals surface area contributed by atoms with E-state index in [9.17, 15) is 18.0 Å². The molecule has 1 N–H and O–H groups in total. The minimum atomic E-state index is -4.48. The van der Waals surface area contributed by atoms with Crippen LogP contribution in [0, 0.1) is 0 Å². The van der Waals surface area contributed by atoms with Crippen LogP contribution in [0.25, 0.3) is 10.6 Å². The van der Waals surface area contributed by atoms with Crippen LogP contribution in [0.1, 0.15) is 25.1 Å². The van der Waals surface area contributed by atoms with Gasteiger partial charge in [-0.1, -0.05) is 25.4 Å². The van der Waals surface area contributed by atoms with E-state index >= 15 is 0 Å². The number of nitrogens with one attached hydrogen (secondary N) is 1. The van der Waals surface area contributed by atoms with E-state index in [1.165, 1.54) is 17.4 Å². The van der Waals surface area contributed by atoms with Crippen molar-refractivity contribution in [1.82, 2.24) is 9.88 Å². The third-order valence-corrected chi connectivity index (χ3v) is 6.66.